The van der Waals surface area contributed by atoms with Crippen LogP contribution in [0.5, 0.6) is 0 Å². The summed E-state index contributed by atoms with van der Waals surface area (Å²) in [7, 11) is 0. The van der Waals surface area contributed by atoms with Crippen LogP contribution in [0.25, 0.3) is 0 Å². The highest BCUT2D eigenvalue weighted by atomic mass is 16.0. The molecule has 0 aromatic heterocycles. The van der Waals surface area contributed by atoms with Crippen LogP contribution in [0.3, 0.4) is 0 Å². The molecule has 0 unspecified atom stereocenters. The van der Waals surface area contributed by atoms with Gasteiger partial charge in [0.1, 0.15) is 0 Å². The quantitative estimate of drug-likeness (QED) is 0.445. The average Bonchev–Trinajstić information content (AvgIpc) is 0.918. The Labute approximate surface area is 55.7 Å². The van der Waals surface area contributed by atoms with Crippen LogP contribution in [0.15, 0.2) is 12.7 Å². The zero-order valence-corrected chi connectivity index (χ0v) is 2.78. The standard InChI is InChI=1S/C3H6.4CH4.H2O/c1-3-2;;;;;/h3H,1H2,2H3;4*1H4;1H2. The van der Waals surface area contributed by atoms with E-state index in [1.165, 1.54) is 0 Å². The van der Waals surface area contributed by atoms with E-state index in [0.29, 0.717) is 0 Å². The normalized spacial score (nSPS) is 1.62. The molecule has 0 rings (SSSR count). The highest BCUT2D eigenvalue weighted by Gasteiger charge is 1.15. The lowest BCUT2D eigenvalue weighted by Gasteiger charge is -1.31. The Kier molecular flexibility index (Phi) is 6640. The van der Waals surface area contributed by atoms with Gasteiger partial charge in [-0.15, -0.1) is 6.58 Å². The first-order valence-corrected chi connectivity index (χ1v) is 0.986. The molecule has 0 bridgehead atoms. The molecule has 58 valence electrons. The molecule has 0 aromatic rings. The molecule has 0 aliphatic rings. The Morgan fingerprint density at radius 3 is 1.00 bits per heavy atom. The first kappa shape index (κ1) is 120. The van der Waals surface area contributed by atoms with Gasteiger partial charge in [-0.25, -0.2) is 0 Å². The second-order valence-electron chi connectivity index (χ2n) is 0.408. The summed E-state index contributed by atoms with van der Waals surface area (Å²) in [4.78, 5) is 0. The lowest BCUT2D eigenvalue weighted by molar-refractivity contribution is 0.824. The van der Waals surface area contributed by atoms with Crippen molar-refractivity contribution in [2.24, 2.45) is 0 Å². The number of allylic oxidation sites excluding steroid dienone is 1. The predicted octanol–water partition coefficient (Wildman–Crippen LogP) is 2.91. The van der Waals surface area contributed by atoms with Crippen LogP contribution in [-0.4, -0.2) is 5.48 Å². The fraction of sp³-hybridized carbons (Fsp3) is 0.714. The van der Waals surface area contributed by atoms with Gasteiger partial charge in [-0.1, -0.05) is 35.8 Å². The van der Waals surface area contributed by atoms with Crippen molar-refractivity contribution in [1.82, 2.24) is 0 Å². The van der Waals surface area contributed by atoms with Crippen molar-refractivity contribution in [3.8, 4) is 0 Å². The van der Waals surface area contributed by atoms with Crippen LogP contribution >= 0.6 is 0 Å². The van der Waals surface area contributed by atoms with Crippen LogP contribution < -0.4 is 0 Å². The van der Waals surface area contributed by atoms with Crippen molar-refractivity contribution in [2.45, 2.75) is 36.6 Å². The smallest absolute Gasteiger partial charge is 0.0473 e. The van der Waals surface area contributed by atoms with E-state index >= 15 is 0 Å². The Morgan fingerprint density at radius 1 is 1.00 bits per heavy atom. The second kappa shape index (κ2) is 444. The van der Waals surface area contributed by atoms with Crippen LogP contribution in [-0.2, 0) is 0 Å². The first-order valence-electron chi connectivity index (χ1n) is 0.986. The molecule has 0 radical (unpaired) electrons. The van der Waals surface area contributed by atoms with Gasteiger partial charge in [0.05, 0.1) is 0 Å². The zero-order chi connectivity index (χ0) is 2.71. The SMILES string of the molecule is C.C.C.C.C=CC.O. The van der Waals surface area contributed by atoms with Crippen molar-refractivity contribution < 1.29 is 5.48 Å². The van der Waals surface area contributed by atoms with Gasteiger partial charge in [-0.2, -0.15) is 0 Å². The van der Waals surface area contributed by atoms with E-state index in [4.69, 9.17) is 0 Å². The van der Waals surface area contributed by atoms with Crippen LogP contribution in [0.1, 0.15) is 36.6 Å². The summed E-state index contributed by atoms with van der Waals surface area (Å²) in [5.74, 6) is 0. The second-order valence-corrected chi connectivity index (χ2v) is 0.408. The Morgan fingerprint density at radius 2 is 1.00 bits per heavy atom. The molecule has 0 heterocycles. The van der Waals surface area contributed by atoms with E-state index in [-0.39, 0.29) is 35.2 Å². The fourth-order valence-corrected chi connectivity index (χ4v) is 0. The predicted molar refractivity (Wildman–Crippen MR) is 46.4 cm³/mol. The molecule has 0 saturated carbocycles. The molecule has 8 heavy (non-hydrogen) atoms. The number of hydrogen-bond acceptors (Lipinski definition) is 0. The lowest BCUT2D eigenvalue weighted by atomic mass is 10.8. The molecular weight excluding hydrogens is 100 g/mol. The zero-order valence-electron chi connectivity index (χ0n) is 2.78. The first-order chi connectivity index (χ1) is 1.41. The number of rotatable bonds is 0. The highest BCUT2D eigenvalue weighted by molar-refractivity contribution is 4.51. The monoisotopic (exact) mass is 124 g/mol. The summed E-state index contributed by atoms with van der Waals surface area (Å²) in [5, 5.41) is 0. The highest BCUT2D eigenvalue weighted by Crippen LogP contribution is 1.38. The van der Waals surface area contributed by atoms with Gasteiger partial charge < -0.3 is 5.48 Å². The molecule has 0 spiro atoms. The summed E-state index contributed by atoms with van der Waals surface area (Å²) in [6.45, 7) is 5.25. The van der Waals surface area contributed by atoms with E-state index in [1.54, 1.807) is 6.08 Å². The summed E-state index contributed by atoms with van der Waals surface area (Å²) < 4.78 is 0. The van der Waals surface area contributed by atoms with E-state index in [9.17, 15) is 0 Å². The maximum Gasteiger partial charge on any atom is -0.0473 e. The lowest BCUT2D eigenvalue weighted by Crippen LogP contribution is -1.07. The molecule has 2 N–H and O–H groups in total. The van der Waals surface area contributed by atoms with Gasteiger partial charge in [0, 0.05) is 0 Å². The Hall–Kier alpha value is -0.300. The molecule has 0 saturated heterocycles. The Bertz CT molecular complexity index is 11.9. The van der Waals surface area contributed by atoms with E-state index < -0.39 is 0 Å². The largest absolute Gasteiger partial charge is 0.412 e. The minimum Gasteiger partial charge on any atom is -0.412 e. The van der Waals surface area contributed by atoms with Crippen molar-refractivity contribution in [3.63, 3.8) is 0 Å². The molecular formula is C7H24O. The van der Waals surface area contributed by atoms with Gasteiger partial charge in [-0.3, -0.25) is 0 Å². The third-order valence-corrected chi connectivity index (χ3v) is 0. The summed E-state index contributed by atoms with van der Waals surface area (Å²) in [6, 6.07) is 0. The maximum absolute atomic E-state index is 3.36. The van der Waals surface area contributed by atoms with E-state index in [0.717, 1.165) is 0 Å². The van der Waals surface area contributed by atoms with Gasteiger partial charge in [-0.05, 0) is 6.92 Å². The van der Waals surface area contributed by atoms with Gasteiger partial charge in [0.25, 0.3) is 0 Å². The molecule has 0 aliphatic carbocycles. The molecule has 0 fully saturated rings. The molecule has 0 amide bonds. The third kappa shape index (κ3) is 1400. The molecule has 1 heteroatoms. The summed E-state index contributed by atoms with van der Waals surface area (Å²) in [6.07, 6.45) is 1.75. The van der Waals surface area contributed by atoms with Crippen molar-refractivity contribution in [2.75, 3.05) is 0 Å². The third-order valence-electron chi connectivity index (χ3n) is 0. The minimum absolute atomic E-state index is 0. The van der Waals surface area contributed by atoms with E-state index in [2.05, 4.69) is 6.58 Å². The maximum atomic E-state index is 3.36. The molecule has 0 aromatic carbocycles. The van der Waals surface area contributed by atoms with Crippen molar-refractivity contribution in [1.29, 1.82) is 0 Å². The summed E-state index contributed by atoms with van der Waals surface area (Å²) >= 11 is 0. The van der Waals surface area contributed by atoms with Crippen LogP contribution in [0.4, 0.5) is 0 Å². The summed E-state index contributed by atoms with van der Waals surface area (Å²) in [5.41, 5.74) is 0. The van der Waals surface area contributed by atoms with Gasteiger partial charge >= 0.3 is 0 Å². The topological polar surface area (TPSA) is 31.5 Å². The van der Waals surface area contributed by atoms with Crippen molar-refractivity contribution >= 4 is 0 Å². The van der Waals surface area contributed by atoms with Crippen molar-refractivity contribution in [3.05, 3.63) is 12.7 Å². The number of hydrogen-bond donors (Lipinski definition) is 0. The van der Waals surface area contributed by atoms with Gasteiger partial charge in [0.2, 0.25) is 0 Å². The Balaban J connectivity index is -0.00000000200. The molecule has 0 atom stereocenters. The molecule has 0 aliphatic heterocycles. The van der Waals surface area contributed by atoms with Crippen LogP contribution in [0, 0.1) is 0 Å². The fourth-order valence-electron chi connectivity index (χ4n) is 0. The van der Waals surface area contributed by atoms with Crippen LogP contribution in [0.2, 0.25) is 0 Å². The van der Waals surface area contributed by atoms with Gasteiger partial charge in [0.15, 0.2) is 0 Å². The molecule has 1 nitrogen and oxygen atoms in total. The van der Waals surface area contributed by atoms with E-state index in [1.807, 2.05) is 6.92 Å². The minimum atomic E-state index is 0. The average molecular weight is 124 g/mol.